The summed E-state index contributed by atoms with van der Waals surface area (Å²) in [6.45, 7) is 0.449. The molecule has 8 nitrogen and oxygen atoms in total. The van der Waals surface area contributed by atoms with Gasteiger partial charge in [-0.25, -0.2) is 13.4 Å². The zero-order valence-electron chi connectivity index (χ0n) is 16.4. The highest BCUT2D eigenvalue weighted by Crippen LogP contribution is 2.23. The molecule has 0 bridgehead atoms. The van der Waals surface area contributed by atoms with E-state index in [9.17, 15) is 18.0 Å². The third-order valence-corrected chi connectivity index (χ3v) is 7.09. The van der Waals surface area contributed by atoms with Gasteiger partial charge in [-0.3, -0.25) is 9.59 Å². The number of hydrazone groups is 1. The average Bonchev–Trinajstić information content (AvgIpc) is 3.37. The Labute approximate surface area is 175 Å². The molecular formula is C21H23N3O5S. The molecule has 9 heteroatoms. The molecule has 2 aromatic rings. The second kappa shape index (κ2) is 8.43. The number of furan rings is 1. The van der Waals surface area contributed by atoms with Gasteiger partial charge in [0.15, 0.2) is 9.84 Å². The standard InChI is InChI=1S/C21H23N3O5S/c25-20-9-8-19(22-24(20)13-16-5-2-1-3-6-16)21(26)23(14-18-7-4-11-29-18)17-10-12-30(27,28)15-17/h1-7,11,17H,8-10,12-15H2. The highest BCUT2D eigenvalue weighted by molar-refractivity contribution is 7.91. The number of benzene rings is 1. The minimum Gasteiger partial charge on any atom is -0.467 e. The summed E-state index contributed by atoms with van der Waals surface area (Å²) < 4.78 is 29.4. The van der Waals surface area contributed by atoms with Crippen molar-refractivity contribution in [3.63, 3.8) is 0 Å². The van der Waals surface area contributed by atoms with Crippen LogP contribution in [0, 0.1) is 0 Å². The van der Waals surface area contributed by atoms with E-state index in [2.05, 4.69) is 5.10 Å². The molecule has 0 spiro atoms. The van der Waals surface area contributed by atoms with Gasteiger partial charge in [0.2, 0.25) is 5.91 Å². The summed E-state index contributed by atoms with van der Waals surface area (Å²) in [5, 5.41) is 5.67. The fraction of sp³-hybridized carbons (Fsp3) is 0.381. The van der Waals surface area contributed by atoms with Crippen LogP contribution in [-0.2, 0) is 32.5 Å². The lowest BCUT2D eigenvalue weighted by molar-refractivity contribution is -0.133. The summed E-state index contributed by atoms with van der Waals surface area (Å²) in [5.41, 5.74) is 1.18. The summed E-state index contributed by atoms with van der Waals surface area (Å²) in [6, 6.07) is 12.5. The van der Waals surface area contributed by atoms with Crippen molar-refractivity contribution >= 4 is 27.4 Å². The lowest BCUT2D eigenvalue weighted by atomic mass is 10.1. The Morgan fingerprint density at radius 1 is 1.17 bits per heavy atom. The number of hydrogen-bond acceptors (Lipinski definition) is 6. The molecule has 1 aromatic carbocycles. The number of amides is 2. The SMILES string of the molecule is O=C1CCC(C(=O)N(Cc2ccco2)C2CCS(=O)(=O)C2)=NN1Cc1ccccc1. The molecule has 3 heterocycles. The Morgan fingerprint density at radius 2 is 1.97 bits per heavy atom. The summed E-state index contributed by atoms with van der Waals surface area (Å²) in [4.78, 5) is 27.2. The van der Waals surface area contributed by atoms with Crippen molar-refractivity contribution in [2.75, 3.05) is 11.5 Å². The van der Waals surface area contributed by atoms with Crippen molar-refractivity contribution in [2.24, 2.45) is 5.10 Å². The molecule has 2 amide bonds. The van der Waals surface area contributed by atoms with Crippen LogP contribution in [0.5, 0.6) is 0 Å². The first-order chi connectivity index (χ1) is 14.4. The van der Waals surface area contributed by atoms with Gasteiger partial charge in [0.25, 0.3) is 5.91 Å². The number of hydrogen-bond donors (Lipinski definition) is 0. The van der Waals surface area contributed by atoms with Gasteiger partial charge in [-0.1, -0.05) is 30.3 Å². The molecule has 1 atom stereocenters. The Kier molecular flexibility index (Phi) is 5.72. The largest absolute Gasteiger partial charge is 0.467 e. The van der Waals surface area contributed by atoms with Crippen molar-refractivity contribution in [1.29, 1.82) is 0 Å². The molecule has 2 aliphatic heterocycles. The summed E-state index contributed by atoms with van der Waals surface area (Å²) in [5.74, 6) is 0.0705. The maximum absolute atomic E-state index is 13.3. The maximum Gasteiger partial charge on any atom is 0.270 e. The van der Waals surface area contributed by atoms with Crippen LogP contribution in [0.3, 0.4) is 0 Å². The summed E-state index contributed by atoms with van der Waals surface area (Å²) >= 11 is 0. The molecule has 1 saturated heterocycles. The number of sulfone groups is 1. The van der Waals surface area contributed by atoms with Crippen LogP contribution >= 0.6 is 0 Å². The maximum atomic E-state index is 13.3. The molecule has 4 rings (SSSR count). The number of rotatable bonds is 6. The molecule has 158 valence electrons. The molecule has 0 N–H and O–H groups in total. The van der Waals surface area contributed by atoms with Crippen LogP contribution < -0.4 is 0 Å². The lowest BCUT2D eigenvalue weighted by Gasteiger charge is -2.30. The average molecular weight is 429 g/mol. The quantitative estimate of drug-likeness (QED) is 0.699. The minimum atomic E-state index is -3.17. The van der Waals surface area contributed by atoms with Gasteiger partial charge in [0.1, 0.15) is 11.5 Å². The van der Waals surface area contributed by atoms with Gasteiger partial charge >= 0.3 is 0 Å². The number of nitrogens with zero attached hydrogens (tertiary/aromatic N) is 3. The third-order valence-electron chi connectivity index (χ3n) is 5.34. The highest BCUT2D eigenvalue weighted by atomic mass is 32.2. The van der Waals surface area contributed by atoms with Gasteiger partial charge in [0.05, 0.1) is 30.9 Å². The van der Waals surface area contributed by atoms with Crippen LogP contribution in [0.25, 0.3) is 0 Å². The number of carbonyl (C=O) groups excluding carboxylic acids is 2. The lowest BCUT2D eigenvalue weighted by Crippen LogP contribution is -2.46. The summed E-state index contributed by atoms with van der Waals surface area (Å²) in [6.07, 6.45) is 2.32. The number of carbonyl (C=O) groups is 2. The zero-order valence-corrected chi connectivity index (χ0v) is 17.3. The molecule has 0 aliphatic carbocycles. The van der Waals surface area contributed by atoms with Crippen molar-refractivity contribution < 1.29 is 22.4 Å². The van der Waals surface area contributed by atoms with Crippen molar-refractivity contribution in [1.82, 2.24) is 9.91 Å². The third kappa shape index (κ3) is 4.62. The Balaban J connectivity index is 1.57. The van der Waals surface area contributed by atoms with E-state index < -0.39 is 15.9 Å². The molecule has 0 radical (unpaired) electrons. The smallest absolute Gasteiger partial charge is 0.270 e. The highest BCUT2D eigenvalue weighted by Gasteiger charge is 2.37. The second-order valence-corrected chi connectivity index (χ2v) is 9.78. The zero-order chi connectivity index (χ0) is 21.1. The van der Waals surface area contributed by atoms with Crippen molar-refractivity contribution in [3.05, 3.63) is 60.1 Å². The topological polar surface area (TPSA) is 100 Å². The summed E-state index contributed by atoms with van der Waals surface area (Å²) in [7, 11) is -3.17. The molecule has 1 aromatic heterocycles. The van der Waals surface area contributed by atoms with Crippen LogP contribution in [0.1, 0.15) is 30.6 Å². The Bertz CT molecular complexity index is 1050. The van der Waals surface area contributed by atoms with Gasteiger partial charge < -0.3 is 9.32 Å². The first-order valence-corrected chi connectivity index (χ1v) is 11.7. The van der Waals surface area contributed by atoms with E-state index in [1.807, 2.05) is 30.3 Å². The van der Waals surface area contributed by atoms with Gasteiger partial charge in [-0.15, -0.1) is 0 Å². The Morgan fingerprint density at radius 3 is 2.63 bits per heavy atom. The predicted molar refractivity (Wildman–Crippen MR) is 110 cm³/mol. The van der Waals surface area contributed by atoms with Crippen LogP contribution in [0.15, 0.2) is 58.2 Å². The monoisotopic (exact) mass is 429 g/mol. The fourth-order valence-corrected chi connectivity index (χ4v) is 5.49. The first kappa shape index (κ1) is 20.3. The normalized spacial score (nSPS) is 20.8. The van der Waals surface area contributed by atoms with Crippen LogP contribution in [-0.4, -0.2) is 53.4 Å². The molecule has 1 fully saturated rings. The van der Waals surface area contributed by atoms with E-state index >= 15 is 0 Å². The van der Waals surface area contributed by atoms with Gasteiger partial charge in [-0.2, -0.15) is 5.10 Å². The van der Waals surface area contributed by atoms with Crippen molar-refractivity contribution in [3.8, 4) is 0 Å². The first-order valence-electron chi connectivity index (χ1n) is 9.87. The van der Waals surface area contributed by atoms with Crippen LogP contribution in [0.4, 0.5) is 0 Å². The predicted octanol–water partition coefficient (Wildman–Crippen LogP) is 1.97. The second-order valence-electron chi connectivity index (χ2n) is 7.55. The van der Waals surface area contributed by atoms with Crippen molar-refractivity contribution in [2.45, 2.75) is 38.4 Å². The molecular weight excluding hydrogens is 406 g/mol. The van der Waals surface area contributed by atoms with Crippen LogP contribution in [0.2, 0.25) is 0 Å². The molecule has 2 aliphatic rings. The van der Waals surface area contributed by atoms with Gasteiger partial charge in [-0.05, 0) is 24.1 Å². The fourth-order valence-electron chi connectivity index (χ4n) is 3.76. The molecule has 1 unspecified atom stereocenters. The van der Waals surface area contributed by atoms with E-state index in [-0.39, 0.29) is 55.0 Å². The molecule has 0 saturated carbocycles. The Hall–Kier alpha value is -2.94. The van der Waals surface area contributed by atoms with Gasteiger partial charge in [0, 0.05) is 18.9 Å². The van der Waals surface area contributed by atoms with E-state index in [0.717, 1.165) is 5.56 Å². The van der Waals surface area contributed by atoms with E-state index in [1.54, 1.807) is 12.1 Å². The van der Waals surface area contributed by atoms with E-state index in [4.69, 9.17) is 4.42 Å². The minimum absolute atomic E-state index is 0.0602. The van der Waals surface area contributed by atoms with E-state index in [0.29, 0.717) is 12.2 Å². The van der Waals surface area contributed by atoms with E-state index in [1.165, 1.54) is 16.2 Å². The molecule has 30 heavy (non-hydrogen) atoms.